The summed E-state index contributed by atoms with van der Waals surface area (Å²) in [6.45, 7) is 0. The Balaban J connectivity index is 2.23. The van der Waals surface area contributed by atoms with Crippen molar-refractivity contribution in [2.24, 2.45) is 0 Å². The Hall–Kier alpha value is -1.77. The first-order chi connectivity index (χ1) is 10.2. The number of rotatable bonds is 1. The highest BCUT2D eigenvalue weighted by Crippen LogP contribution is 2.34. The van der Waals surface area contributed by atoms with E-state index in [1.807, 2.05) is 18.2 Å². The summed E-state index contributed by atoms with van der Waals surface area (Å²) in [4.78, 5) is 0. The normalized spacial score (nSPS) is 11.3. The maximum atomic E-state index is 6.19. The number of nitrogens with zero attached hydrogens (tertiary/aromatic N) is 1. The molecule has 21 heavy (non-hydrogen) atoms. The molecule has 4 rings (SSSR count). The molecule has 1 aromatic heterocycles. The zero-order valence-electron chi connectivity index (χ0n) is 11.1. The highest BCUT2D eigenvalue weighted by molar-refractivity contribution is 9.10. The lowest BCUT2D eigenvalue weighted by Gasteiger charge is -2.07. The molecule has 0 aliphatic rings. The second-order valence-electron chi connectivity index (χ2n) is 4.99. The minimum Gasteiger partial charge on any atom is -0.309 e. The maximum absolute atomic E-state index is 6.19. The first kappa shape index (κ1) is 12.9. The van der Waals surface area contributed by atoms with Crippen LogP contribution < -0.4 is 0 Å². The fraction of sp³-hybridized carbons (Fsp3) is 0. The van der Waals surface area contributed by atoms with Crippen LogP contribution in [0.25, 0.3) is 27.5 Å². The van der Waals surface area contributed by atoms with Crippen LogP contribution in [0, 0.1) is 0 Å². The average Bonchev–Trinajstić information content (AvgIpc) is 2.81. The highest BCUT2D eigenvalue weighted by atomic mass is 79.9. The molecule has 0 unspecified atom stereocenters. The summed E-state index contributed by atoms with van der Waals surface area (Å²) < 4.78 is 3.34. The Kier molecular flexibility index (Phi) is 3.02. The fourth-order valence-electron chi connectivity index (χ4n) is 2.82. The van der Waals surface area contributed by atoms with Gasteiger partial charge in [0.1, 0.15) is 0 Å². The average molecular weight is 357 g/mol. The van der Waals surface area contributed by atoms with Crippen LogP contribution in [-0.4, -0.2) is 4.57 Å². The standard InChI is InChI=1S/C18H11BrClN/c19-12-6-8-15-16-11-13(20)7-9-17(16)21(18(15)10-12)14-4-2-1-3-5-14/h1-11H. The zero-order chi connectivity index (χ0) is 14.4. The summed E-state index contributed by atoms with van der Waals surface area (Å²) in [5, 5.41) is 3.14. The SMILES string of the molecule is Clc1ccc2c(c1)c1ccc(Br)cc1n2-c1ccccc1. The predicted molar refractivity (Wildman–Crippen MR) is 93.5 cm³/mol. The Morgan fingerprint density at radius 1 is 0.762 bits per heavy atom. The monoisotopic (exact) mass is 355 g/mol. The number of hydrogen-bond acceptors (Lipinski definition) is 0. The molecule has 3 heteroatoms. The van der Waals surface area contributed by atoms with Crippen molar-refractivity contribution in [2.45, 2.75) is 0 Å². The molecule has 0 saturated heterocycles. The van der Waals surface area contributed by atoms with Gasteiger partial charge < -0.3 is 4.57 Å². The molecule has 0 aliphatic carbocycles. The van der Waals surface area contributed by atoms with E-state index in [1.165, 1.54) is 21.8 Å². The molecule has 0 spiro atoms. The maximum Gasteiger partial charge on any atom is 0.0552 e. The molecule has 0 aliphatic heterocycles. The van der Waals surface area contributed by atoms with Gasteiger partial charge in [0, 0.05) is 26.0 Å². The van der Waals surface area contributed by atoms with E-state index in [1.54, 1.807) is 0 Å². The third-order valence-electron chi connectivity index (χ3n) is 3.70. The molecule has 0 amide bonds. The van der Waals surface area contributed by atoms with Gasteiger partial charge in [0.25, 0.3) is 0 Å². The lowest BCUT2D eigenvalue weighted by molar-refractivity contribution is 1.18. The van der Waals surface area contributed by atoms with Crippen LogP contribution in [0.15, 0.2) is 71.2 Å². The summed E-state index contributed by atoms with van der Waals surface area (Å²) in [6.07, 6.45) is 0. The van der Waals surface area contributed by atoms with Crippen molar-refractivity contribution in [3.8, 4) is 5.69 Å². The Morgan fingerprint density at radius 3 is 2.38 bits per heavy atom. The van der Waals surface area contributed by atoms with E-state index in [-0.39, 0.29) is 0 Å². The van der Waals surface area contributed by atoms with Crippen LogP contribution in [0.1, 0.15) is 0 Å². The van der Waals surface area contributed by atoms with Crippen molar-refractivity contribution in [3.05, 3.63) is 76.2 Å². The Morgan fingerprint density at radius 2 is 1.57 bits per heavy atom. The second kappa shape index (κ2) is 4.90. The van der Waals surface area contributed by atoms with Crippen molar-refractivity contribution in [1.82, 2.24) is 4.57 Å². The number of halogens is 2. The largest absolute Gasteiger partial charge is 0.309 e. The minimum absolute atomic E-state index is 0.762. The Bertz CT molecular complexity index is 957. The zero-order valence-corrected chi connectivity index (χ0v) is 13.4. The molecule has 0 atom stereocenters. The third-order valence-corrected chi connectivity index (χ3v) is 4.43. The van der Waals surface area contributed by atoms with E-state index in [0.717, 1.165) is 15.2 Å². The fourth-order valence-corrected chi connectivity index (χ4v) is 3.34. The smallest absolute Gasteiger partial charge is 0.0552 e. The molecule has 0 N–H and O–H groups in total. The molecule has 1 heterocycles. The Labute approximate surface area is 135 Å². The van der Waals surface area contributed by atoms with Gasteiger partial charge in [-0.15, -0.1) is 0 Å². The number of para-hydroxylation sites is 1. The van der Waals surface area contributed by atoms with Crippen LogP contribution in [0.4, 0.5) is 0 Å². The molecule has 0 fully saturated rings. The summed E-state index contributed by atoms with van der Waals surface area (Å²) in [5.41, 5.74) is 3.49. The van der Waals surface area contributed by atoms with E-state index >= 15 is 0 Å². The van der Waals surface area contributed by atoms with Gasteiger partial charge in [-0.25, -0.2) is 0 Å². The van der Waals surface area contributed by atoms with Gasteiger partial charge in [0.15, 0.2) is 0 Å². The van der Waals surface area contributed by atoms with Gasteiger partial charge in [-0.2, -0.15) is 0 Å². The first-order valence-electron chi connectivity index (χ1n) is 6.69. The van der Waals surface area contributed by atoms with Crippen molar-refractivity contribution in [3.63, 3.8) is 0 Å². The molecular formula is C18H11BrClN. The van der Waals surface area contributed by atoms with E-state index in [0.29, 0.717) is 0 Å². The quantitative estimate of drug-likeness (QED) is 0.382. The number of aromatic nitrogens is 1. The van der Waals surface area contributed by atoms with Gasteiger partial charge in [-0.3, -0.25) is 0 Å². The molecule has 0 radical (unpaired) electrons. The summed E-state index contributed by atoms with van der Waals surface area (Å²) in [7, 11) is 0. The van der Waals surface area contributed by atoms with Gasteiger partial charge in [-0.05, 0) is 42.5 Å². The van der Waals surface area contributed by atoms with Gasteiger partial charge in [-0.1, -0.05) is 51.8 Å². The summed E-state index contributed by atoms with van der Waals surface area (Å²) in [5.74, 6) is 0. The molecule has 0 saturated carbocycles. The lowest BCUT2D eigenvalue weighted by Crippen LogP contribution is -1.92. The lowest BCUT2D eigenvalue weighted by atomic mass is 10.1. The number of fused-ring (bicyclic) bond motifs is 3. The third kappa shape index (κ3) is 2.06. The van der Waals surface area contributed by atoms with Crippen molar-refractivity contribution in [2.75, 3.05) is 0 Å². The van der Waals surface area contributed by atoms with Gasteiger partial charge >= 0.3 is 0 Å². The van der Waals surface area contributed by atoms with Crippen molar-refractivity contribution in [1.29, 1.82) is 0 Å². The van der Waals surface area contributed by atoms with Crippen LogP contribution in [0.5, 0.6) is 0 Å². The van der Waals surface area contributed by atoms with Crippen molar-refractivity contribution >= 4 is 49.3 Å². The van der Waals surface area contributed by atoms with E-state index in [2.05, 4.69) is 69.0 Å². The first-order valence-corrected chi connectivity index (χ1v) is 7.86. The van der Waals surface area contributed by atoms with E-state index in [9.17, 15) is 0 Å². The van der Waals surface area contributed by atoms with Crippen molar-refractivity contribution < 1.29 is 0 Å². The topological polar surface area (TPSA) is 4.93 Å². The molecular weight excluding hydrogens is 346 g/mol. The van der Waals surface area contributed by atoms with E-state index < -0.39 is 0 Å². The molecule has 1 nitrogen and oxygen atoms in total. The van der Waals surface area contributed by atoms with E-state index in [4.69, 9.17) is 11.6 Å². The molecule has 4 aromatic rings. The molecule has 102 valence electrons. The van der Waals surface area contributed by atoms with Crippen LogP contribution in [0.3, 0.4) is 0 Å². The summed E-state index contributed by atoms with van der Waals surface area (Å²) in [6, 6.07) is 22.8. The van der Waals surface area contributed by atoms with Crippen LogP contribution in [-0.2, 0) is 0 Å². The molecule has 0 bridgehead atoms. The van der Waals surface area contributed by atoms with Gasteiger partial charge in [0.2, 0.25) is 0 Å². The summed E-state index contributed by atoms with van der Waals surface area (Å²) >= 11 is 9.76. The van der Waals surface area contributed by atoms with Crippen LogP contribution >= 0.6 is 27.5 Å². The number of hydrogen-bond donors (Lipinski definition) is 0. The second-order valence-corrected chi connectivity index (χ2v) is 6.35. The highest BCUT2D eigenvalue weighted by Gasteiger charge is 2.12. The number of benzene rings is 3. The van der Waals surface area contributed by atoms with Crippen LogP contribution in [0.2, 0.25) is 5.02 Å². The predicted octanol–water partition coefficient (Wildman–Crippen LogP) is 6.20. The minimum atomic E-state index is 0.762. The molecule has 3 aromatic carbocycles. The van der Waals surface area contributed by atoms with Gasteiger partial charge in [0.05, 0.1) is 11.0 Å².